The second-order valence-electron chi connectivity index (χ2n) is 8.84. The average molecular weight is 487 g/mol. The molecular weight excluding hydrogens is 456 g/mol. The van der Waals surface area contributed by atoms with E-state index in [1.165, 1.54) is 6.07 Å². The first-order valence-corrected chi connectivity index (χ1v) is 11.8. The molecule has 3 heterocycles. The lowest BCUT2D eigenvalue weighted by atomic mass is 10.0. The molecule has 12 nitrogen and oxygen atoms in total. The van der Waals surface area contributed by atoms with Gasteiger partial charge in [0.25, 0.3) is 11.8 Å². The second kappa shape index (κ2) is 10.9. The second-order valence-corrected chi connectivity index (χ2v) is 8.84. The summed E-state index contributed by atoms with van der Waals surface area (Å²) in [5.41, 5.74) is 6.46. The summed E-state index contributed by atoms with van der Waals surface area (Å²) in [6.45, 7) is 3.85. The Morgan fingerprint density at radius 3 is 2.71 bits per heavy atom. The van der Waals surface area contributed by atoms with E-state index in [4.69, 9.17) is 10.5 Å². The zero-order valence-corrected chi connectivity index (χ0v) is 19.4. The van der Waals surface area contributed by atoms with E-state index in [2.05, 4.69) is 20.9 Å². The number of nitrogens with two attached hydrogens (primary N) is 1. The molecular formula is C23H30N6O6. The van der Waals surface area contributed by atoms with Crippen LogP contribution >= 0.6 is 0 Å². The molecule has 0 radical (unpaired) electrons. The van der Waals surface area contributed by atoms with Gasteiger partial charge >= 0.3 is 0 Å². The molecule has 188 valence electrons. The van der Waals surface area contributed by atoms with E-state index in [-0.39, 0.29) is 42.5 Å². The van der Waals surface area contributed by atoms with Crippen LogP contribution in [0.25, 0.3) is 0 Å². The lowest BCUT2D eigenvalue weighted by Crippen LogP contribution is -2.54. The summed E-state index contributed by atoms with van der Waals surface area (Å²) in [7, 11) is 0. The predicted octanol–water partition coefficient (Wildman–Crippen LogP) is -1.33. The number of hydrogen-bond acceptors (Lipinski definition) is 9. The van der Waals surface area contributed by atoms with E-state index < -0.39 is 29.7 Å². The number of fused-ring (bicyclic) bond motifs is 1. The van der Waals surface area contributed by atoms with Crippen molar-refractivity contribution in [2.45, 2.75) is 31.3 Å². The van der Waals surface area contributed by atoms with Gasteiger partial charge in [-0.15, -0.1) is 0 Å². The van der Waals surface area contributed by atoms with Crippen LogP contribution in [-0.4, -0.2) is 97.4 Å². The van der Waals surface area contributed by atoms with Gasteiger partial charge in [-0.3, -0.25) is 39.1 Å². The van der Waals surface area contributed by atoms with E-state index in [0.717, 1.165) is 31.0 Å². The molecule has 5 amide bonds. The average Bonchev–Trinajstić information content (AvgIpc) is 3.36. The molecule has 2 fully saturated rings. The van der Waals surface area contributed by atoms with Gasteiger partial charge in [-0.1, -0.05) is 6.07 Å². The number of hydrogen-bond donors (Lipinski definition) is 4. The van der Waals surface area contributed by atoms with Crippen molar-refractivity contribution < 1.29 is 28.7 Å². The van der Waals surface area contributed by atoms with Crippen LogP contribution in [-0.2, 0) is 19.1 Å². The van der Waals surface area contributed by atoms with Crippen molar-refractivity contribution >= 4 is 35.2 Å². The number of nitrogens with one attached hydrogen (secondary N) is 3. The maximum absolute atomic E-state index is 13.1. The Bertz CT molecular complexity index is 1030. The molecule has 3 aliphatic heterocycles. The Kier molecular flexibility index (Phi) is 7.73. The van der Waals surface area contributed by atoms with Crippen LogP contribution in [0, 0.1) is 0 Å². The van der Waals surface area contributed by atoms with Crippen LogP contribution in [0.2, 0.25) is 0 Å². The van der Waals surface area contributed by atoms with Crippen molar-refractivity contribution in [3.8, 4) is 0 Å². The molecule has 0 spiro atoms. The monoisotopic (exact) mass is 486 g/mol. The molecule has 1 aromatic carbocycles. The van der Waals surface area contributed by atoms with E-state index in [0.29, 0.717) is 25.4 Å². The fourth-order valence-corrected chi connectivity index (χ4v) is 4.52. The minimum Gasteiger partial charge on any atom is -0.378 e. The Balaban J connectivity index is 1.24. The topological polar surface area (TPSA) is 163 Å². The van der Waals surface area contributed by atoms with Gasteiger partial charge in [-0.05, 0) is 31.5 Å². The van der Waals surface area contributed by atoms with Crippen molar-refractivity contribution in [1.29, 1.82) is 0 Å². The molecule has 0 aliphatic carbocycles. The molecule has 1 unspecified atom stereocenters. The first-order valence-electron chi connectivity index (χ1n) is 11.8. The maximum atomic E-state index is 13.1. The zero-order valence-electron chi connectivity index (χ0n) is 19.4. The number of imide groups is 2. The number of nitrogens with zero attached hydrogens (tertiary/aromatic N) is 2. The molecule has 2 saturated heterocycles. The fraction of sp³-hybridized carbons (Fsp3) is 0.522. The highest BCUT2D eigenvalue weighted by molar-refractivity contribution is 6.25. The van der Waals surface area contributed by atoms with Gasteiger partial charge in [-0.25, -0.2) is 0 Å². The molecule has 3 aliphatic rings. The summed E-state index contributed by atoms with van der Waals surface area (Å²) in [6, 6.07) is 3.89. The van der Waals surface area contributed by atoms with Crippen LogP contribution in [0.5, 0.6) is 0 Å². The lowest BCUT2D eigenvalue weighted by Gasteiger charge is -2.27. The highest BCUT2D eigenvalue weighted by Crippen LogP contribution is 2.32. The minimum absolute atomic E-state index is 0.0469. The summed E-state index contributed by atoms with van der Waals surface area (Å²) in [6.07, 6.45) is 1.13. The van der Waals surface area contributed by atoms with E-state index in [9.17, 15) is 24.0 Å². The van der Waals surface area contributed by atoms with E-state index in [1.807, 2.05) is 0 Å². The SMILES string of the molecule is N[C@H]1CCN(CCOCCNC(=O)CNc2cccc3c2C(=O)N(C2CCC(=O)NC2=O)C3=O)C1. The molecule has 0 bridgehead atoms. The van der Waals surface area contributed by atoms with Gasteiger partial charge in [0, 0.05) is 37.8 Å². The summed E-state index contributed by atoms with van der Waals surface area (Å²) < 4.78 is 5.56. The van der Waals surface area contributed by atoms with Crippen molar-refractivity contribution in [2.24, 2.45) is 5.73 Å². The van der Waals surface area contributed by atoms with Gasteiger partial charge < -0.3 is 21.1 Å². The number of ether oxygens (including phenoxy) is 1. The lowest BCUT2D eigenvalue weighted by molar-refractivity contribution is -0.136. The molecule has 12 heteroatoms. The summed E-state index contributed by atoms with van der Waals surface area (Å²) in [4.78, 5) is 64.9. The fourth-order valence-electron chi connectivity index (χ4n) is 4.52. The van der Waals surface area contributed by atoms with Crippen molar-refractivity contribution in [3.63, 3.8) is 0 Å². The number of likely N-dealkylation sites (tertiary alicyclic amines) is 1. The maximum Gasteiger partial charge on any atom is 0.264 e. The molecule has 0 saturated carbocycles. The normalized spacial score (nSPS) is 22.4. The molecule has 1 aromatic rings. The first-order chi connectivity index (χ1) is 16.8. The Labute approximate surface area is 202 Å². The van der Waals surface area contributed by atoms with Crippen LogP contribution in [0.1, 0.15) is 40.0 Å². The van der Waals surface area contributed by atoms with Crippen molar-refractivity contribution in [1.82, 2.24) is 20.4 Å². The Morgan fingerprint density at radius 2 is 1.97 bits per heavy atom. The number of benzene rings is 1. The highest BCUT2D eigenvalue weighted by atomic mass is 16.5. The number of piperidine rings is 1. The van der Waals surface area contributed by atoms with Crippen LogP contribution < -0.4 is 21.7 Å². The molecule has 4 rings (SSSR count). The summed E-state index contributed by atoms with van der Waals surface area (Å²) in [5.74, 6) is -2.62. The van der Waals surface area contributed by atoms with Gasteiger partial charge in [-0.2, -0.15) is 0 Å². The number of anilines is 1. The third-order valence-corrected chi connectivity index (χ3v) is 6.34. The molecule has 5 N–H and O–H groups in total. The van der Waals surface area contributed by atoms with Crippen molar-refractivity contribution in [3.05, 3.63) is 29.3 Å². The summed E-state index contributed by atoms with van der Waals surface area (Å²) in [5, 5.41) is 7.81. The van der Waals surface area contributed by atoms with Gasteiger partial charge in [0.1, 0.15) is 6.04 Å². The number of amides is 5. The predicted molar refractivity (Wildman–Crippen MR) is 124 cm³/mol. The number of rotatable bonds is 10. The Morgan fingerprint density at radius 1 is 1.14 bits per heavy atom. The van der Waals surface area contributed by atoms with Crippen molar-refractivity contribution in [2.75, 3.05) is 51.3 Å². The van der Waals surface area contributed by atoms with Gasteiger partial charge in [0.15, 0.2) is 0 Å². The highest BCUT2D eigenvalue weighted by Gasteiger charge is 2.45. The number of carbonyl (C=O) groups excluding carboxylic acids is 5. The molecule has 2 atom stereocenters. The largest absolute Gasteiger partial charge is 0.378 e. The van der Waals surface area contributed by atoms with Crippen LogP contribution in [0.3, 0.4) is 0 Å². The molecule has 35 heavy (non-hydrogen) atoms. The van der Waals surface area contributed by atoms with Crippen LogP contribution in [0.4, 0.5) is 5.69 Å². The quantitative estimate of drug-likeness (QED) is 0.232. The molecule has 0 aromatic heterocycles. The standard InChI is InChI=1S/C23H30N6O6/c24-14-6-8-28(13-14)9-11-35-10-7-25-19(31)12-26-16-3-1-2-15-20(16)23(34)29(22(15)33)17-4-5-18(30)27-21(17)32/h1-3,14,17,26H,4-13,24H2,(H,25,31)(H,27,30,32)/t14-,17?/m0/s1. The zero-order chi connectivity index (χ0) is 24.9. The van der Waals surface area contributed by atoms with Gasteiger partial charge in [0.05, 0.1) is 30.9 Å². The summed E-state index contributed by atoms with van der Waals surface area (Å²) >= 11 is 0. The Hall–Kier alpha value is -3.35. The smallest absolute Gasteiger partial charge is 0.264 e. The van der Waals surface area contributed by atoms with Gasteiger partial charge in [0.2, 0.25) is 17.7 Å². The van der Waals surface area contributed by atoms with E-state index in [1.54, 1.807) is 12.1 Å². The van der Waals surface area contributed by atoms with E-state index >= 15 is 0 Å². The third kappa shape index (κ3) is 5.66. The minimum atomic E-state index is -1.04. The number of carbonyl (C=O) groups is 5. The van der Waals surface area contributed by atoms with Crippen LogP contribution in [0.15, 0.2) is 18.2 Å². The third-order valence-electron chi connectivity index (χ3n) is 6.34. The first kappa shape index (κ1) is 24.8.